The predicted molar refractivity (Wildman–Crippen MR) is 80.3 cm³/mol. The maximum atomic E-state index is 5.48. The van der Waals surface area contributed by atoms with Gasteiger partial charge in [0.15, 0.2) is 0 Å². The Labute approximate surface area is 112 Å². The number of morpholine rings is 1. The molecule has 1 fully saturated rings. The summed E-state index contributed by atoms with van der Waals surface area (Å²) in [6, 6.07) is 0. The first-order valence-corrected chi connectivity index (χ1v) is 6.62. The van der Waals surface area contributed by atoms with E-state index in [0.29, 0.717) is 0 Å². The van der Waals surface area contributed by atoms with E-state index in [1.165, 1.54) is 0 Å². The molecule has 1 heterocycles. The maximum Gasteiger partial charge on any atom is 0.0645 e. The lowest BCUT2D eigenvalue weighted by atomic mass is 10.0. The molecule has 1 aliphatic heterocycles. The average molecular weight is 252 g/mol. The van der Waals surface area contributed by atoms with Crippen LogP contribution in [0.25, 0.3) is 0 Å². The van der Waals surface area contributed by atoms with Gasteiger partial charge < -0.3 is 4.74 Å². The van der Waals surface area contributed by atoms with Crippen molar-refractivity contribution in [3.05, 3.63) is 24.4 Å². The van der Waals surface area contributed by atoms with Crippen LogP contribution in [0.1, 0.15) is 34.6 Å². The number of hydrogen-bond donors (Lipinski definition) is 0. The van der Waals surface area contributed by atoms with Gasteiger partial charge in [-0.25, -0.2) is 0 Å². The molecule has 0 aromatic carbocycles. The van der Waals surface area contributed by atoms with Gasteiger partial charge in [-0.15, -0.1) is 0 Å². The highest BCUT2D eigenvalue weighted by molar-refractivity contribution is 5.78. The topological polar surface area (TPSA) is 24.8 Å². The quantitative estimate of drug-likeness (QED) is 0.717. The van der Waals surface area contributed by atoms with Crippen molar-refractivity contribution in [2.75, 3.05) is 26.3 Å². The summed E-state index contributed by atoms with van der Waals surface area (Å²) in [5.41, 5.74) is 1.90. The van der Waals surface area contributed by atoms with Crippen LogP contribution in [0.4, 0.5) is 0 Å². The van der Waals surface area contributed by atoms with E-state index in [2.05, 4.69) is 36.9 Å². The van der Waals surface area contributed by atoms with Gasteiger partial charge in [0, 0.05) is 30.5 Å². The lowest BCUT2D eigenvalue weighted by Crippen LogP contribution is -2.53. The van der Waals surface area contributed by atoms with Gasteiger partial charge in [0.05, 0.1) is 13.2 Å². The molecule has 3 heteroatoms. The number of aliphatic imine (C=N–C) groups is 1. The minimum atomic E-state index is 0.0816. The first-order chi connectivity index (χ1) is 8.42. The second kappa shape index (κ2) is 8.22. The standard InChI is InChI=1S/C13H22N2O.C2H6/c1-11(2)14-8-12(3)9-15-6-7-16-10-13(15,4)5;1-2/h8H,1,3,6-7,9-10H2,2,4-5H3;1-2H3. The number of allylic oxidation sites excluding steroid dienone is 1. The van der Waals surface area contributed by atoms with Gasteiger partial charge in [-0.3, -0.25) is 9.89 Å². The van der Waals surface area contributed by atoms with Crippen molar-refractivity contribution < 1.29 is 4.74 Å². The second-order valence-corrected chi connectivity index (χ2v) is 4.94. The molecule has 0 aromatic rings. The lowest BCUT2D eigenvalue weighted by Gasteiger charge is -2.42. The fourth-order valence-electron chi connectivity index (χ4n) is 1.67. The zero-order valence-electron chi connectivity index (χ0n) is 12.6. The minimum absolute atomic E-state index is 0.0816. The fraction of sp³-hybridized carbons (Fsp3) is 0.667. The highest BCUT2D eigenvalue weighted by atomic mass is 16.5. The summed E-state index contributed by atoms with van der Waals surface area (Å²) in [6.07, 6.45) is 1.80. The molecule has 18 heavy (non-hydrogen) atoms. The van der Waals surface area contributed by atoms with Gasteiger partial charge in [0.25, 0.3) is 0 Å². The fourth-order valence-corrected chi connectivity index (χ4v) is 1.67. The van der Waals surface area contributed by atoms with E-state index in [-0.39, 0.29) is 5.54 Å². The summed E-state index contributed by atoms with van der Waals surface area (Å²) in [4.78, 5) is 6.54. The number of nitrogens with zero attached hydrogens (tertiary/aromatic N) is 2. The number of rotatable bonds is 4. The Bertz CT molecular complexity index is 306. The predicted octanol–water partition coefficient (Wildman–Crippen LogP) is 3.28. The Morgan fingerprint density at radius 3 is 2.50 bits per heavy atom. The van der Waals surface area contributed by atoms with Gasteiger partial charge in [0.2, 0.25) is 0 Å². The summed E-state index contributed by atoms with van der Waals surface area (Å²) in [5.74, 6) is 0. The average Bonchev–Trinajstić information content (AvgIpc) is 2.32. The zero-order valence-corrected chi connectivity index (χ0v) is 12.6. The molecular weight excluding hydrogens is 224 g/mol. The third-order valence-electron chi connectivity index (χ3n) is 2.68. The molecule has 0 unspecified atom stereocenters. The van der Waals surface area contributed by atoms with E-state index in [1.54, 1.807) is 6.21 Å². The smallest absolute Gasteiger partial charge is 0.0645 e. The van der Waals surface area contributed by atoms with E-state index in [9.17, 15) is 0 Å². The lowest BCUT2D eigenvalue weighted by molar-refractivity contribution is -0.0455. The molecule has 0 aliphatic carbocycles. The van der Waals surface area contributed by atoms with E-state index in [4.69, 9.17) is 4.74 Å². The van der Waals surface area contributed by atoms with Crippen molar-refractivity contribution in [1.82, 2.24) is 4.90 Å². The van der Waals surface area contributed by atoms with Crippen LogP contribution < -0.4 is 0 Å². The monoisotopic (exact) mass is 252 g/mol. The van der Waals surface area contributed by atoms with Crippen LogP contribution >= 0.6 is 0 Å². The third kappa shape index (κ3) is 6.12. The number of hydrogen-bond acceptors (Lipinski definition) is 3. The largest absolute Gasteiger partial charge is 0.378 e. The molecule has 3 nitrogen and oxygen atoms in total. The van der Waals surface area contributed by atoms with Crippen LogP contribution in [0.3, 0.4) is 0 Å². The van der Waals surface area contributed by atoms with E-state index in [1.807, 2.05) is 20.8 Å². The summed E-state index contributed by atoms with van der Waals surface area (Å²) < 4.78 is 5.48. The summed E-state index contributed by atoms with van der Waals surface area (Å²) >= 11 is 0. The minimum Gasteiger partial charge on any atom is -0.378 e. The molecule has 104 valence electrons. The molecule has 0 amide bonds. The first kappa shape index (κ1) is 17.1. The molecule has 1 saturated heterocycles. The highest BCUT2D eigenvalue weighted by Crippen LogP contribution is 2.19. The van der Waals surface area contributed by atoms with Gasteiger partial charge in [-0.05, 0) is 26.3 Å². The summed E-state index contributed by atoms with van der Waals surface area (Å²) in [6.45, 7) is 21.4. The van der Waals surface area contributed by atoms with Crippen molar-refractivity contribution in [3.8, 4) is 0 Å². The van der Waals surface area contributed by atoms with Gasteiger partial charge >= 0.3 is 0 Å². The number of ether oxygens (including phenoxy) is 1. The van der Waals surface area contributed by atoms with Gasteiger partial charge in [0.1, 0.15) is 0 Å². The van der Waals surface area contributed by atoms with E-state index in [0.717, 1.165) is 37.6 Å². The Morgan fingerprint density at radius 1 is 1.39 bits per heavy atom. The van der Waals surface area contributed by atoms with Crippen LogP contribution in [-0.2, 0) is 4.74 Å². The second-order valence-electron chi connectivity index (χ2n) is 4.94. The summed E-state index contributed by atoms with van der Waals surface area (Å²) in [5, 5.41) is 0. The van der Waals surface area contributed by atoms with Crippen molar-refractivity contribution >= 4 is 6.21 Å². The normalized spacial score (nSPS) is 19.2. The van der Waals surface area contributed by atoms with Crippen molar-refractivity contribution in [2.45, 2.75) is 40.2 Å². The molecule has 0 radical (unpaired) electrons. The molecule has 0 spiro atoms. The Morgan fingerprint density at radius 2 is 2.00 bits per heavy atom. The molecule has 0 N–H and O–H groups in total. The highest BCUT2D eigenvalue weighted by Gasteiger charge is 2.30. The Kier molecular flexibility index (Phi) is 7.80. The molecule has 0 saturated carbocycles. The van der Waals surface area contributed by atoms with Crippen molar-refractivity contribution in [3.63, 3.8) is 0 Å². The Balaban J connectivity index is 0.00000137. The SMILES string of the molecule is C=C(C=NC(=C)C)CN1CCOCC1(C)C.CC. The van der Waals surface area contributed by atoms with Gasteiger partial charge in [-0.1, -0.05) is 27.0 Å². The van der Waals surface area contributed by atoms with Crippen molar-refractivity contribution in [1.29, 1.82) is 0 Å². The van der Waals surface area contributed by atoms with Gasteiger partial charge in [-0.2, -0.15) is 0 Å². The van der Waals surface area contributed by atoms with Crippen LogP contribution in [0.2, 0.25) is 0 Å². The van der Waals surface area contributed by atoms with Crippen LogP contribution in [0, 0.1) is 0 Å². The Hall–Kier alpha value is -0.930. The molecule has 1 rings (SSSR count). The molecule has 0 bridgehead atoms. The third-order valence-corrected chi connectivity index (χ3v) is 2.68. The molecule has 1 aliphatic rings. The van der Waals surface area contributed by atoms with Crippen LogP contribution in [0.5, 0.6) is 0 Å². The maximum absolute atomic E-state index is 5.48. The first-order valence-electron chi connectivity index (χ1n) is 6.62. The molecule has 0 aromatic heterocycles. The zero-order chi connectivity index (χ0) is 14.2. The van der Waals surface area contributed by atoms with E-state index >= 15 is 0 Å². The molecule has 0 atom stereocenters. The molecular formula is C15H28N2O. The van der Waals surface area contributed by atoms with Crippen molar-refractivity contribution in [2.24, 2.45) is 4.99 Å². The summed E-state index contributed by atoms with van der Waals surface area (Å²) in [7, 11) is 0. The van der Waals surface area contributed by atoms with Crippen LogP contribution in [0.15, 0.2) is 29.4 Å². The van der Waals surface area contributed by atoms with E-state index < -0.39 is 0 Å². The van der Waals surface area contributed by atoms with Crippen LogP contribution in [-0.4, -0.2) is 43.0 Å².